The summed E-state index contributed by atoms with van der Waals surface area (Å²) >= 11 is 5.75. The number of likely N-dealkylation sites (N-methyl/N-ethyl adjacent to an activating group) is 1. The quantitative estimate of drug-likeness (QED) is 0.790. The maximum Gasteiger partial charge on any atom is 0.173 e. The van der Waals surface area contributed by atoms with Crippen LogP contribution < -0.4 is 5.32 Å². The number of hydrogen-bond donors (Lipinski definition) is 1. The first-order valence-electron chi connectivity index (χ1n) is 8.57. The Morgan fingerprint density at radius 1 is 1.16 bits per heavy atom. The highest BCUT2D eigenvalue weighted by atomic mass is 32.1. The fourth-order valence-corrected chi connectivity index (χ4v) is 3.19. The van der Waals surface area contributed by atoms with Crippen LogP contribution in [-0.2, 0) is 0 Å². The van der Waals surface area contributed by atoms with Crippen LogP contribution in [-0.4, -0.2) is 47.1 Å². The van der Waals surface area contributed by atoms with Gasteiger partial charge in [-0.2, -0.15) is 0 Å². The Hall–Kier alpha value is -1.98. The lowest BCUT2D eigenvalue weighted by molar-refractivity contribution is 0.289. The zero-order valence-electron chi connectivity index (χ0n) is 15.8. The Kier molecular flexibility index (Phi) is 6.91. The molecular formula is C20H28N4S. The molecule has 1 atom stereocenters. The molecule has 1 aromatic carbocycles. The van der Waals surface area contributed by atoms with Gasteiger partial charge in [0.2, 0.25) is 0 Å². The highest BCUT2D eigenvalue weighted by Gasteiger charge is 2.19. The van der Waals surface area contributed by atoms with Crippen molar-refractivity contribution in [1.29, 1.82) is 0 Å². The summed E-state index contributed by atoms with van der Waals surface area (Å²) in [5.74, 6) is 0. The van der Waals surface area contributed by atoms with Crippen LogP contribution in [0.3, 0.4) is 0 Å². The lowest BCUT2D eigenvalue weighted by Crippen LogP contribution is -2.41. The van der Waals surface area contributed by atoms with Crippen molar-refractivity contribution >= 4 is 23.0 Å². The van der Waals surface area contributed by atoms with E-state index in [-0.39, 0.29) is 6.04 Å². The number of anilines is 1. The van der Waals surface area contributed by atoms with E-state index in [4.69, 9.17) is 12.2 Å². The number of aromatic nitrogens is 1. The maximum absolute atomic E-state index is 5.75. The van der Waals surface area contributed by atoms with Gasteiger partial charge in [-0.3, -0.25) is 4.98 Å². The molecule has 0 radical (unpaired) electrons. The minimum atomic E-state index is 0.152. The first kappa shape index (κ1) is 19.3. The summed E-state index contributed by atoms with van der Waals surface area (Å²) < 4.78 is 0. The van der Waals surface area contributed by atoms with Crippen molar-refractivity contribution < 1.29 is 0 Å². The SMILES string of the molecule is Cc1cc(C)cc(NC(=S)N(CCN(C)C)[C@H](C)c2cccnc2)c1. The molecule has 0 aliphatic rings. The van der Waals surface area contributed by atoms with Crippen LogP contribution in [0.1, 0.15) is 29.7 Å². The van der Waals surface area contributed by atoms with Crippen LogP contribution in [0.2, 0.25) is 0 Å². The van der Waals surface area contributed by atoms with Gasteiger partial charge < -0.3 is 15.1 Å². The van der Waals surface area contributed by atoms with Crippen molar-refractivity contribution in [3.05, 3.63) is 59.4 Å². The Bertz CT molecular complexity index is 680. The molecule has 0 bridgehead atoms. The van der Waals surface area contributed by atoms with Gasteiger partial charge in [-0.1, -0.05) is 12.1 Å². The molecule has 0 saturated carbocycles. The van der Waals surface area contributed by atoms with Crippen LogP contribution in [0.4, 0.5) is 5.69 Å². The van der Waals surface area contributed by atoms with Crippen LogP contribution in [0.25, 0.3) is 0 Å². The molecule has 1 aromatic heterocycles. The van der Waals surface area contributed by atoms with Gasteiger partial charge in [0.1, 0.15) is 0 Å². The summed E-state index contributed by atoms with van der Waals surface area (Å²) in [5, 5.41) is 4.16. The van der Waals surface area contributed by atoms with E-state index in [0.717, 1.165) is 29.5 Å². The van der Waals surface area contributed by atoms with Gasteiger partial charge in [-0.05, 0) is 82.0 Å². The van der Waals surface area contributed by atoms with Gasteiger partial charge in [-0.25, -0.2) is 0 Å². The molecule has 5 heteroatoms. The zero-order valence-corrected chi connectivity index (χ0v) is 16.6. The number of benzene rings is 1. The lowest BCUT2D eigenvalue weighted by atomic mass is 10.1. The highest BCUT2D eigenvalue weighted by molar-refractivity contribution is 7.80. The van der Waals surface area contributed by atoms with Crippen molar-refractivity contribution in [3.8, 4) is 0 Å². The molecule has 134 valence electrons. The fourth-order valence-electron chi connectivity index (χ4n) is 2.82. The Morgan fingerprint density at radius 3 is 2.40 bits per heavy atom. The molecule has 2 rings (SSSR count). The Balaban J connectivity index is 2.19. The van der Waals surface area contributed by atoms with Crippen molar-refractivity contribution in [3.63, 3.8) is 0 Å². The van der Waals surface area contributed by atoms with E-state index in [1.54, 1.807) is 6.20 Å². The average molecular weight is 357 g/mol. The van der Waals surface area contributed by atoms with Crippen molar-refractivity contribution in [1.82, 2.24) is 14.8 Å². The number of rotatable bonds is 6. The van der Waals surface area contributed by atoms with Crippen LogP contribution >= 0.6 is 12.2 Å². The predicted octanol–water partition coefficient (Wildman–Crippen LogP) is 4.02. The van der Waals surface area contributed by atoms with E-state index in [1.807, 2.05) is 12.3 Å². The van der Waals surface area contributed by atoms with Gasteiger partial charge in [0.15, 0.2) is 5.11 Å². The van der Waals surface area contributed by atoms with Gasteiger partial charge in [-0.15, -0.1) is 0 Å². The minimum Gasteiger partial charge on any atom is -0.341 e. The molecule has 1 heterocycles. The lowest BCUT2D eigenvalue weighted by Gasteiger charge is -2.33. The molecule has 0 unspecified atom stereocenters. The van der Waals surface area contributed by atoms with Gasteiger partial charge >= 0.3 is 0 Å². The summed E-state index contributed by atoms with van der Waals surface area (Å²) in [4.78, 5) is 8.64. The maximum atomic E-state index is 5.75. The fraction of sp³-hybridized carbons (Fsp3) is 0.400. The third-order valence-corrected chi connectivity index (χ3v) is 4.49. The number of nitrogens with one attached hydrogen (secondary N) is 1. The highest BCUT2D eigenvalue weighted by Crippen LogP contribution is 2.21. The van der Waals surface area contributed by atoms with Crippen LogP contribution in [0.5, 0.6) is 0 Å². The van der Waals surface area contributed by atoms with E-state index in [9.17, 15) is 0 Å². The summed E-state index contributed by atoms with van der Waals surface area (Å²) in [7, 11) is 4.15. The monoisotopic (exact) mass is 356 g/mol. The second kappa shape index (κ2) is 8.92. The van der Waals surface area contributed by atoms with E-state index in [1.165, 1.54) is 11.1 Å². The van der Waals surface area contributed by atoms with Crippen molar-refractivity contribution in [2.45, 2.75) is 26.8 Å². The molecule has 4 nitrogen and oxygen atoms in total. The van der Waals surface area contributed by atoms with E-state index in [2.05, 4.69) is 79.2 Å². The van der Waals surface area contributed by atoms with Crippen LogP contribution in [0, 0.1) is 13.8 Å². The molecule has 25 heavy (non-hydrogen) atoms. The zero-order chi connectivity index (χ0) is 18.4. The van der Waals surface area contributed by atoms with Crippen molar-refractivity contribution in [2.75, 3.05) is 32.5 Å². The molecule has 0 fully saturated rings. The topological polar surface area (TPSA) is 31.4 Å². The number of hydrogen-bond acceptors (Lipinski definition) is 3. The summed E-state index contributed by atoms with van der Waals surface area (Å²) in [6, 6.07) is 10.6. The van der Waals surface area contributed by atoms with E-state index in [0.29, 0.717) is 0 Å². The number of aryl methyl sites for hydroxylation is 2. The molecule has 0 spiro atoms. The molecule has 2 aromatic rings. The number of nitrogens with zero attached hydrogens (tertiary/aromatic N) is 3. The third kappa shape index (κ3) is 5.80. The second-order valence-electron chi connectivity index (χ2n) is 6.77. The van der Waals surface area contributed by atoms with Gasteiger partial charge in [0.25, 0.3) is 0 Å². The minimum absolute atomic E-state index is 0.152. The van der Waals surface area contributed by atoms with E-state index >= 15 is 0 Å². The second-order valence-corrected chi connectivity index (χ2v) is 7.15. The third-order valence-electron chi connectivity index (χ3n) is 4.16. The molecule has 0 aliphatic heterocycles. The molecule has 0 amide bonds. The first-order chi connectivity index (χ1) is 11.9. The summed E-state index contributed by atoms with van der Waals surface area (Å²) in [6.45, 7) is 8.15. The number of pyridine rings is 1. The largest absolute Gasteiger partial charge is 0.341 e. The Labute approximate surface area is 156 Å². The normalized spacial score (nSPS) is 12.1. The Morgan fingerprint density at radius 2 is 1.84 bits per heavy atom. The molecular weight excluding hydrogens is 328 g/mol. The molecule has 1 N–H and O–H groups in total. The van der Waals surface area contributed by atoms with Crippen LogP contribution in [0.15, 0.2) is 42.7 Å². The summed E-state index contributed by atoms with van der Waals surface area (Å²) in [5.41, 5.74) is 4.65. The predicted molar refractivity (Wildman–Crippen MR) is 110 cm³/mol. The average Bonchev–Trinajstić information content (AvgIpc) is 2.54. The molecule has 0 aliphatic carbocycles. The van der Waals surface area contributed by atoms with Gasteiger partial charge in [0.05, 0.1) is 6.04 Å². The van der Waals surface area contributed by atoms with Crippen molar-refractivity contribution in [2.24, 2.45) is 0 Å². The van der Waals surface area contributed by atoms with E-state index < -0.39 is 0 Å². The summed E-state index contributed by atoms with van der Waals surface area (Å²) in [6.07, 6.45) is 3.71. The van der Waals surface area contributed by atoms with Gasteiger partial charge in [0, 0.05) is 31.2 Å². The number of thiocarbonyl (C=S) groups is 1. The smallest absolute Gasteiger partial charge is 0.173 e. The molecule has 0 saturated heterocycles. The first-order valence-corrected chi connectivity index (χ1v) is 8.98. The standard InChI is InChI=1S/C20H28N4S/c1-15-11-16(2)13-19(12-15)22-20(25)24(10-9-23(4)5)17(3)18-7-6-8-21-14-18/h6-8,11-14,17H,9-10H2,1-5H3,(H,22,25)/t17-/m1/s1.